The van der Waals surface area contributed by atoms with Crippen molar-refractivity contribution in [1.82, 2.24) is 0 Å². The molecule has 1 rings (SSSR count). The molecule has 0 heterocycles. The Morgan fingerprint density at radius 1 is 1.47 bits per heavy atom. The van der Waals surface area contributed by atoms with E-state index in [0.717, 1.165) is 14.6 Å². The number of anilines is 1. The lowest BCUT2D eigenvalue weighted by molar-refractivity contribution is -0.140. The Kier molecular flexibility index (Phi) is 5.11. The maximum absolute atomic E-state index is 11.1. The summed E-state index contributed by atoms with van der Waals surface area (Å²) in [7, 11) is 0. The third-order valence-electron chi connectivity index (χ3n) is 1.66. The molecular weight excluding hydrogens is 326 g/mol. The first-order valence-electron chi connectivity index (χ1n) is 4.48. The van der Waals surface area contributed by atoms with E-state index in [1.54, 1.807) is 6.92 Å². The standard InChI is InChI=1S/C10H11Br2NO2/c1-2-15-10(14)6-13-9-5-7(11)3-4-8(9)12/h3-5,13H,2,6H2,1H3. The Balaban J connectivity index is 2.57. The van der Waals surface area contributed by atoms with E-state index in [1.807, 2.05) is 18.2 Å². The molecule has 5 heteroatoms. The van der Waals surface area contributed by atoms with Crippen LogP contribution in [0.2, 0.25) is 0 Å². The second-order valence-corrected chi connectivity index (χ2v) is 4.55. The summed E-state index contributed by atoms with van der Waals surface area (Å²) in [4.78, 5) is 11.1. The largest absolute Gasteiger partial charge is 0.465 e. The quantitative estimate of drug-likeness (QED) is 0.858. The first kappa shape index (κ1) is 12.5. The van der Waals surface area contributed by atoms with E-state index in [-0.39, 0.29) is 12.5 Å². The van der Waals surface area contributed by atoms with Gasteiger partial charge >= 0.3 is 5.97 Å². The highest BCUT2D eigenvalue weighted by Gasteiger charge is 2.04. The van der Waals surface area contributed by atoms with Gasteiger partial charge in [-0.2, -0.15) is 0 Å². The van der Waals surface area contributed by atoms with E-state index < -0.39 is 0 Å². The summed E-state index contributed by atoms with van der Waals surface area (Å²) in [6.45, 7) is 2.36. The van der Waals surface area contributed by atoms with Crippen LogP contribution >= 0.6 is 31.9 Å². The average molecular weight is 337 g/mol. The van der Waals surface area contributed by atoms with Crippen molar-refractivity contribution < 1.29 is 9.53 Å². The summed E-state index contributed by atoms with van der Waals surface area (Å²) in [6.07, 6.45) is 0. The van der Waals surface area contributed by atoms with Gasteiger partial charge in [-0.05, 0) is 41.1 Å². The second-order valence-electron chi connectivity index (χ2n) is 2.78. The van der Waals surface area contributed by atoms with Crippen molar-refractivity contribution in [3.05, 3.63) is 27.1 Å². The molecule has 1 aromatic rings. The fraction of sp³-hybridized carbons (Fsp3) is 0.300. The predicted molar refractivity (Wildman–Crippen MR) is 67.0 cm³/mol. The van der Waals surface area contributed by atoms with Crippen LogP contribution in [-0.4, -0.2) is 19.1 Å². The number of halogens is 2. The van der Waals surface area contributed by atoms with Crippen molar-refractivity contribution in [1.29, 1.82) is 0 Å². The molecular formula is C10H11Br2NO2. The molecule has 0 bridgehead atoms. The van der Waals surface area contributed by atoms with E-state index in [1.165, 1.54) is 0 Å². The summed E-state index contributed by atoms with van der Waals surface area (Å²) in [5.41, 5.74) is 0.859. The molecule has 15 heavy (non-hydrogen) atoms. The number of rotatable bonds is 4. The van der Waals surface area contributed by atoms with Crippen molar-refractivity contribution >= 4 is 43.5 Å². The van der Waals surface area contributed by atoms with Gasteiger partial charge in [0.2, 0.25) is 0 Å². The Bertz CT molecular complexity index is 355. The van der Waals surface area contributed by atoms with Crippen molar-refractivity contribution in [2.24, 2.45) is 0 Å². The SMILES string of the molecule is CCOC(=O)CNc1cc(Br)ccc1Br. The molecule has 0 spiro atoms. The predicted octanol–water partition coefficient (Wildman–Crippen LogP) is 3.19. The average Bonchev–Trinajstić information content (AvgIpc) is 2.20. The van der Waals surface area contributed by atoms with Crippen LogP contribution in [0.1, 0.15) is 6.92 Å². The van der Waals surface area contributed by atoms with Gasteiger partial charge < -0.3 is 10.1 Å². The zero-order valence-electron chi connectivity index (χ0n) is 8.22. The van der Waals surface area contributed by atoms with Crippen LogP contribution in [0.4, 0.5) is 5.69 Å². The van der Waals surface area contributed by atoms with Gasteiger partial charge in [-0.3, -0.25) is 4.79 Å². The minimum Gasteiger partial charge on any atom is -0.465 e. The van der Waals surface area contributed by atoms with Gasteiger partial charge in [0, 0.05) is 8.95 Å². The van der Waals surface area contributed by atoms with Gasteiger partial charge in [0.05, 0.1) is 12.3 Å². The number of hydrogen-bond donors (Lipinski definition) is 1. The fourth-order valence-electron chi connectivity index (χ4n) is 1.01. The highest BCUT2D eigenvalue weighted by Crippen LogP contribution is 2.25. The molecule has 0 fully saturated rings. The minimum absolute atomic E-state index is 0.170. The molecule has 0 aromatic heterocycles. The molecule has 0 aliphatic rings. The number of carbonyl (C=O) groups is 1. The van der Waals surface area contributed by atoms with Gasteiger partial charge in [0.15, 0.2) is 0 Å². The van der Waals surface area contributed by atoms with Gasteiger partial charge in [-0.25, -0.2) is 0 Å². The number of nitrogens with one attached hydrogen (secondary N) is 1. The number of hydrogen-bond acceptors (Lipinski definition) is 3. The van der Waals surface area contributed by atoms with Crippen LogP contribution in [0.25, 0.3) is 0 Å². The molecule has 0 saturated carbocycles. The van der Waals surface area contributed by atoms with Crippen molar-refractivity contribution in [3.63, 3.8) is 0 Å². The Morgan fingerprint density at radius 2 is 2.20 bits per heavy atom. The molecule has 3 nitrogen and oxygen atoms in total. The van der Waals surface area contributed by atoms with Crippen LogP contribution in [0, 0.1) is 0 Å². The van der Waals surface area contributed by atoms with Crippen LogP contribution in [0.15, 0.2) is 27.1 Å². The van der Waals surface area contributed by atoms with Crippen LogP contribution in [0.3, 0.4) is 0 Å². The summed E-state index contributed by atoms with van der Waals surface area (Å²) >= 11 is 6.74. The maximum Gasteiger partial charge on any atom is 0.325 e. The highest BCUT2D eigenvalue weighted by molar-refractivity contribution is 9.11. The molecule has 0 radical (unpaired) electrons. The number of esters is 1. The van der Waals surface area contributed by atoms with E-state index in [4.69, 9.17) is 4.74 Å². The maximum atomic E-state index is 11.1. The van der Waals surface area contributed by atoms with Crippen molar-refractivity contribution in [2.75, 3.05) is 18.5 Å². The zero-order valence-corrected chi connectivity index (χ0v) is 11.4. The normalized spacial score (nSPS) is 9.80. The van der Waals surface area contributed by atoms with Gasteiger partial charge in [-0.15, -0.1) is 0 Å². The molecule has 0 aliphatic heterocycles. The molecule has 82 valence electrons. The van der Waals surface area contributed by atoms with Crippen LogP contribution in [-0.2, 0) is 9.53 Å². The number of benzene rings is 1. The van der Waals surface area contributed by atoms with E-state index in [2.05, 4.69) is 37.2 Å². The van der Waals surface area contributed by atoms with Crippen molar-refractivity contribution in [2.45, 2.75) is 6.92 Å². The first-order chi connectivity index (χ1) is 7.13. The van der Waals surface area contributed by atoms with E-state index in [9.17, 15) is 4.79 Å². The molecule has 0 unspecified atom stereocenters. The third-order valence-corrected chi connectivity index (χ3v) is 2.84. The monoisotopic (exact) mass is 335 g/mol. The molecule has 1 aromatic carbocycles. The summed E-state index contributed by atoms with van der Waals surface area (Å²) in [5.74, 6) is -0.260. The summed E-state index contributed by atoms with van der Waals surface area (Å²) in [6, 6.07) is 5.71. The Hall–Kier alpha value is -0.550. The Labute approximate surface area is 105 Å². The lowest BCUT2D eigenvalue weighted by atomic mass is 10.3. The topological polar surface area (TPSA) is 38.3 Å². The Morgan fingerprint density at radius 3 is 2.87 bits per heavy atom. The summed E-state index contributed by atoms with van der Waals surface area (Å²) < 4.78 is 6.67. The lowest BCUT2D eigenvalue weighted by Crippen LogP contribution is -2.16. The highest BCUT2D eigenvalue weighted by atomic mass is 79.9. The van der Waals surface area contributed by atoms with Gasteiger partial charge in [-0.1, -0.05) is 15.9 Å². The smallest absolute Gasteiger partial charge is 0.325 e. The molecule has 1 N–H and O–H groups in total. The van der Waals surface area contributed by atoms with E-state index in [0.29, 0.717) is 6.61 Å². The lowest BCUT2D eigenvalue weighted by Gasteiger charge is -2.08. The number of carbonyl (C=O) groups excluding carboxylic acids is 1. The number of ether oxygens (including phenoxy) is 1. The van der Waals surface area contributed by atoms with Gasteiger partial charge in [0.1, 0.15) is 6.54 Å². The van der Waals surface area contributed by atoms with Crippen LogP contribution < -0.4 is 5.32 Å². The van der Waals surface area contributed by atoms with Gasteiger partial charge in [0.25, 0.3) is 0 Å². The third kappa shape index (κ3) is 4.22. The zero-order chi connectivity index (χ0) is 11.3. The summed E-state index contributed by atoms with van der Waals surface area (Å²) in [5, 5.41) is 2.99. The van der Waals surface area contributed by atoms with E-state index >= 15 is 0 Å². The molecule has 0 aliphatic carbocycles. The van der Waals surface area contributed by atoms with Crippen molar-refractivity contribution in [3.8, 4) is 0 Å². The minimum atomic E-state index is -0.260. The molecule has 0 amide bonds. The molecule has 0 saturated heterocycles. The second kappa shape index (κ2) is 6.12. The van der Waals surface area contributed by atoms with Crippen LogP contribution in [0.5, 0.6) is 0 Å². The first-order valence-corrected chi connectivity index (χ1v) is 6.06. The fourth-order valence-corrected chi connectivity index (χ4v) is 1.76. The molecule has 0 atom stereocenters.